The SMILES string of the molecule is COC(=O)CC(NC(=O)CNCC(F)(F)F)c1cccs1. The van der Waals surface area contributed by atoms with Crippen LogP contribution in [0.1, 0.15) is 17.3 Å². The van der Waals surface area contributed by atoms with Gasteiger partial charge in [-0.05, 0) is 11.4 Å². The predicted molar refractivity (Wildman–Crippen MR) is 70.8 cm³/mol. The third-order valence-electron chi connectivity index (χ3n) is 2.43. The normalized spacial score (nSPS) is 12.8. The Morgan fingerprint density at radius 2 is 2.14 bits per heavy atom. The Kier molecular flexibility index (Phi) is 6.63. The highest BCUT2D eigenvalue weighted by Gasteiger charge is 2.27. The van der Waals surface area contributed by atoms with E-state index in [-0.39, 0.29) is 6.42 Å². The maximum Gasteiger partial charge on any atom is 0.401 e. The van der Waals surface area contributed by atoms with Crippen molar-refractivity contribution in [3.63, 3.8) is 0 Å². The van der Waals surface area contributed by atoms with Gasteiger partial charge in [-0.15, -0.1) is 11.3 Å². The highest BCUT2D eigenvalue weighted by molar-refractivity contribution is 7.10. The summed E-state index contributed by atoms with van der Waals surface area (Å²) in [4.78, 5) is 23.7. The van der Waals surface area contributed by atoms with Crippen LogP contribution in [0, 0.1) is 0 Å². The van der Waals surface area contributed by atoms with Crippen molar-refractivity contribution in [1.82, 2.24) is 10.6 Å². The van der Waals surface area contributed by atoms with E-state index in [0.29, 0.717) is 0 Å². The van der Waals surface area contributed by atoms with E-state index in [1.54, 1.807) is 17.5 Å². The Morgan fingerprint density at radius 3 is 2.67 bits per heavy atom. The number of methoxy groups -OCH3 is 1. The molecule has 0 saturated heterocycles. The van der Waals surface area contributed by atoms with E-state index in [2.05, 4.69) is 10.1 Å². The number of nitrogens with one attached hydrogen (secondary N) is 2. The summed E-state index contributed by atoms with van der Waals surface area (Å²) in [5.41, 5.74) is 0. The average molecular weight is 324 g/mol. The van der Waals surface area contributed by atoms with Crippen molar-refractivity contribution in [2.24, 2.45) is 0 Å². The van der Waals surface area contributed by atoms with Crippen LogP contribution in [0.15, 0.2) is 17.5 Å². The quantitative estimate of drug-likeness (QED) is 0.748. The number of esters is 1. The maximum atomic E-state index is 12.0. The van der Waals surface area contributed by atoms with E-state index >= 15 is 0 Å². The molecule has 21 heavy (non-hydrogen) atoms. The van der Waals surface area contributed by atoms with Crippen LogP contribution in [0.2, 0.25) is 0 Å². The second kappa shape index (κ2) is 7.99. The molecule has 9 heteroatoms. The van der Waals surface area contributed by atoms with Crippen molar-refractivity contribution in [2.75, 3.05) is 20.2 Å². The summed E-state index contributed by atoms with van der Waals surface area (Å²) in [5.74, 6) is -1.14. The van der Waals surface area contributed by atoms with Crippen molar-refractivity contribution < 1.29 is 27.5 Å². The van der Waals surface area contributed by atoms with Crippen LogP contribution in [0.3, 0.4) is 0 Å². The fourth-order valence-electron chi connectivity index (χ4n) is 1.53. The number of carbonyl (C=O) groups is 2. The van der Waals surface area contributed by atoms with Gasteiger partial charge in [-0.3, -0.25) is 9.59 Å². The van der Waals surface area contributed by atoms with Crippen LogP contribution in [0.5, 0.6) is 0 Å². The smallest absolute Gasteiger partial charge is 0.401 e. The number of carbonyl (C=O) groups excluding carboxylic acids is 2. The van der Waals surface area contributed by atoms with Crippen molar-refractivity contribution >= 4 is 23.2 Å². The minimum absolute atomic E-state index is 0.0813. The van der Waals surface area contributed by atoms with Gasteiger partial charge in [0, 0.05) is 4.88 Å². The number of hydrogen-bond donors (Lipinski definition) is 2. The lowest BCUT2D eigenvalue weighted by molar-refractivity contribution is -0.141. The van der Waals surface area contributed by atoms with Gasteiger partial charge in [0.1, 0.15) is 0 Å². The van der Waals surface area contributed by atoms with Gasteiger partial charge in [0.05, 0.1) is 32.7 Å². The number of alkyl halides is 3. The molecular weight excluding hydrogens is 309 g/mol. The zero-order valence-corrected chi connectivity index (χ0v) is 12.0. The molecule has 1 aromatic heterocycles. The second-order valence-corrected chi connectivity index (χ2v) is 5.11. The molecule has 1 rings (SSSR count). The monoisotopic (exact) mass is 324 g/mol. The van der Waals surface area contributed by atoms with Gasteiger partial charge in [-0.25, -0.2) is 0 Å². The molecular formula is C12H15F3N2O3S. The highest BCUT2D eigenvalue weighted by atomic mass is 32.1. The largest absolute Gasteiger partial charge is 0.469 e. The number of ether oxygens (including phenoxy) is 1. The first-order valence-corrected chi connectivity index (χ1v) is 6.87. The Morgan fingerprint density at radius 1 is 1.43 bits per heavy atom. The molecule has 0 radical (unpaired) electrons. The number of thiophene rings is 1. The zero-order valence-electron chi connectivity index (χ0n) is 11.2. The Bertz CT molecular complexity index is 463. The van der Waals surface area contributed by atoms with E-state index < -0.39 is 37.2 Å². The van der Waals surface area contributed by atoms with Gasteiger partial charge >= 0.3 is 12.1 Å². The first kappa shape index (κ1) is 17.4. The molecule has 0 aliphatic carbocycles. The molecule has 118 valence electrons. The lowest BCUT2D eigenvalue weighted by Gasteiger charge is -2.17. The fourth-order valence-corrected chi connectivity index (χ4v) is 2.30. The highest BCUT2D eigenvalue weighted by Crippen LogP contribution is 2.22. The minimum atomic E-state index is -4.38. The number of halogens is 3. The van der Waals surface area contributed by atoms with Crippen LogP contribution in [-0.4, -0.2) is 38.3 Å². The fraction of sp³-hybridized carbons (Fsp3) is 0.500. The molecule has 0 saturated carbocycles. The van der Waals surface area contributed by atoms with Crippen molar-refractivity contribution in [1.29, 1.82) is 0 Å². The summed E-state index contributed by atoms with van der Waals surface area (Å²) >= 11 is 1.33. The molecule has 0 spiro atoms. The number of amides is 1. The first-order valence-electron chi connectivity index (χ1n) is 5.99. The summed E-state index contributed by atoms with van der Waals surface area (Å²) in [6, 6.07) is 2.86. The van der Waals surface area contributed by atoms with E-state index in [1.165, 1.54) is 18.4 Å². The van der Waals surface area contributed by atoms with Crippen LogP contribution in [0.25, 0.3) is 0 Å². The Labute approximate surface area is 123 Å². The molecule has 1 heterocycles. The van der Waals surface area contributed by atoms with Gasteiger partial charge in [0.25, 0.3) is 0 Å². The summed E-state index contributed by atoms with van der Waals surface area (Å²) in [6.07, 6.45) is -4.46. The van der Waals surface area contributed by atoms with Gasteiger partial charge in [0.15, 0.2) is 0 Å². The molecule has 5 nitrogen and oxygen atoms in total. The standard InChI is InChI=1S/C12H15F3N2O3S/c1-20-11(19)5-8(9-3-2-4-21-9)17-10(18)6-16-7-12(13,14)15/h2-4,8,16H,5-7H2,1H3,(H,17,18). The minimum Gasteiger partial charge on any atom is -0.469 e. The summed E-state index contributed by atoms with van der Waals surface area (Å²) in [6.45, 7) is -1.73. The zero-order chi connectivity index (χ0) is 15.9. The van der Waals surface area contributed by atoms with E-state index in [1.807, 2.05) is 5.32 Å². The van der Waals surface area contributed by atoms with Gasteiger partial charge < -0.3 is 15.4 Å². The van der Waals surface area contributed by atoms with Crippen LogP contribution < -0.4 is 10.6 Å². The number of hydrogen-bond acceptors (Lipinski definition) is 5. The molecule has 0 aliphatic rings. The van der Waals surface area contributed by atoms with E-state index in [9.17, 15) is 22.8 Å². The molecule has 0 fully saturated rings. The van der Waals surface area contributed by atoms with Crippen LogP contribution in [0.4, 0.5) is 13.2 Å². The molecule has 2 N–H and O–H groups in total. The van der Waals surface area contributed by atoms with Crippen molar-refractivity contribution in [3.05, 3.63) is 22.4 Å². The maximum absolute atomic E-state index is 12.0. The third-order valence-corrected chi connectivity index (χ3v) is 3.42. The molecule has 0 aliphatic heterocycles. The molecule has 1 unspecified atom stereocenters. The third kappa shape index (κ3) is 7.09. The topological polar surface area (TPSA) is 67.4 Å². The lowest BCUT2D eigenvalue weighted by Crippen LogP contribution is -2.40. The van der Waals surface area contributed by atoms with E-state index in [0.717, 1.165) is 4.88 Å². The van der Waals surface area contributed by atoms with Gasteiger partial charge in [-0.2, -0.15) is 13.2 Å². The van der Waals surface area contributed by atoms with Gasteiger partial charge in [-0.1, -0.05) is 6.07 Å². The first-order chi connectivity index (χ1) is 9.81. The molecule has 1 amide bonds. The summed E-state index contributed by atoms with van der Waals surface area (Å²) in [5, 5.41) is 6.28. The van der Waals surface area contributed by atoms with Crippen molar-refractivity contribution in [3.8, 4) is 0 Å². The lowest BCUT2D eigenvalue weighted by atomic mass is 10.1. The summed E-state index contributed by atoms with van der Waals surface area (Å²) in [7, 11) is 1.22. The predicted octanol–water partition coefficient (Wildman–Crippen LogP) is 1.62. The molecule has 0 aromatic carbocycles. The second-order valence-electron chi connectivity index (χ2n) is 4.13. The molecule has 1 aromatic rings. The average Bonchev–Trinajstić information content (AvgIpc) is 2.90. The van der Waals surface area contributed by atoms with Gasteiger partial charge in [0.2, 0.25) is 5.91 Å². The Hall–Kier alpha value is -1.61. The van der Waals surface area contributed by atoms with Crippen molar-refractivity contribution in [2.45, 2.75) is 18.6 Å². The van der Waals surface area contributed by atoms with E-state index in [4.69, 9.17) is 0 Å². The summed E-state index contributed by atoms with van der Waals surface area (Å²) < 4.78 is 40.4. The van der Waals surface area contributed by atoms with Crippen LogP contribution >= 0.6 is 11.3 Å². The van der Waals surface area contributed by atoms with Crippen LogP contribution in [-0.2, 0) is 14.3 Å². The number of rotatable bonds is 7. The Balaban J connectivity index is 2.52. The molecule has 0 bridgehead atoms. The molecule has 1 atom stereocenters.